The Kier molecular flexibility index (Phi) is 5.06. The van der Waals surface area contributed by atoms with Crippen molar-refractivity contribution in [1.29, 1.82) is 0 Å². The van der Waals surface area contributed by atoms with Crippen LogP contribution in [-0.4, -0.2) is 29.6 Å². The fourth-order valence-corrected chi connectivity index (χ4v) is 3.10. The van der Waals surface area contributed by atoms with Crippen LogP contribution < -0.4 is 10.1 Å². The topological polar surface area (TPSA) is 75.6 Å². The highest BCUT2D eigenvalue weighted by atomic mass is 16.5. The van der Waals surface area contributed by atoms with Gasteiger partial charge < -0.3 is 15.2 Å². The van der Waals surface area contributed by atoms with Crippen molar-refractivity contribution in [2.45, 2.75) is 50.5 Å². The molecular formula is C17H23NO4. The quantitative estimate of drug-likeness (QED) is 0.847. The summed E-state index contributed by atoms with van der Waals surface area (Å²) in [4.78, 5) is 23.6. The van der Waals surface area contributed by atoms with Gasteiger partial charge in [0, 0.05) is 0 Å². The van der Waals surface area contributed by atoms with Crippen LogP contribution in [-0.2, 0) is 9.59 Å². The predicted molar refractivity (Wildman–Crippen MR) is 83.0 cm³/mol. The van der Waals surface area contributed by atoms with Gasteiger partial charge in [-0.15, -0.1) is 0 Å². The molecule has 1 aromatic rings. The van der Waals surface area contributed by atoms with Gasteiger partial charge in [0.2, 0.25) is 5.91 Å². The zero-order valence-electron chi connectivity index (χ0n) is 13.1. The molecular weight excluding hydrogens is 282 g/mol. The Labute approximate surface area is 130 Å². The molecule has 0 radical (unpaired) electrons. The van der Waals surface area contributed by atoms with Crippen LogP contribution >= 0.6 is 0 Å². The maximum absolute atomic E-state index is 12.5. The Hall–Kier alpha value is -2.04. The molecule has 0 saturated heterocycles. The van der Waals surface area contributed by atoms with E-state index in [1.165, 1.54) is 0 Å². The van der Waals surface area contributed by atoms with Gasteiger partial charge in [0.1, 0.15) is 5.75 Å². The van der Waals surface area contributed by atoms with Crippen LogP contribution in [0.1, 0.15) is 50.5 Å². The molecule has 22 heavy (non-hydrogen) atoms. The van der Waals surface area contributed by atoms with Crippen LogP contribution in [0, 0.1) is 0 Å². The van der Waals surface area contributed by atoms with Crippen molar-refractivity contribution in [3.05, 3.63) is 29.8 Å². The molecule has 0 aromatic heterocycles. The van der Waals surface area contributed by atoms with E-state index in [0.717, 1.165) is 37.0 Å². The van der Waals surface area contributed by atoms with Crippen LogP contribution in [0.2, 0.25) is 0 Å². The van der Waals surface area contributed by atoms with Crippen LogP contribution in [0.3, 0.4) is 0 Å². The number of amides is 1. The Bertz CT molecular complexity index is 532. The van der Waals surface area contributed by atoms with Gasteiger partial charge in [0.25, 0.3) is 0 Å². The Balaban J connectivity index is 2.07. The van der Waals surface area contributed by atoms with Crippen molar-refractivity contribution in [2.24, 2.45) is 0 Å². The fraction of sp³-hybridized carbons (Fsp3) is 0.529. The molecule has 0 spiro atoms. The van der Waals surface area contributed by atoms with Crippen molar-refractivity contribution in [3.8, 4) is 5.75 Å². The highest BCUT2D eigenvalue weighted by molar-refractivity contribution is 5.84. The molecule has 5 nitrogen and oxygen atoms in total. The van der Waals surface area contributed by atoms with Crippen molar-refractivity contribution in [2.75, 3.05) is 7.11 Å². The highest BCUT2D eigenvalue weighted by Gasteiger charge is 2.38. The van der Waals surface area contributed by atoms with E-state index in [-0.39, 0.29) is 18.2 Å². The number of aliphatic carboxylic acids is 1. The lowest BCUT2D eigenvalue weighted by atomic mass is 9.91. The van der Waals surface area contributed by atoms with Crippen molar-refractivity contribution in [1.82, 2.24) is 5.32 Å². The standard InChI is InChI=1S/C17H23NO4/c1-12(13-5-7-14(22-2)8-6-13)16(21)18-17(11-15(19)20)9-3-4-10-17/h5-8,12H,3-4,9-11H2,1-2H3,(H,18,21)(H,19,20). The fourth-order valence-electron chi connectivity index (χ4n) is 3.10. The average molecular weight is 305 g/mol. The molecule has 1 aliphatic carbocycles. The molecule has 5 heteroatoms. The highest BCUT2D eigenvalue weighted by Crippen LogP contribution is 2.33. The number of carboxylic acids is 1. The minimum absolute atomic E-state index is 0.00588. The lowest BCUT2D eigenvalue weighted by Crippen LogP contribution is -2.49. The molecule has 1 aliphatic rings. The normalized spacial score (nSPS) is 17.7. The van der Waals surface area contributed by atoms with E-state index in [2.05, 4.69) is 5.32 Å². The van der Waals surface area contributed by atoms with Crippen molar-refractivity contribution >= 4 is 11.9 Å². The van der Waals surface area contributed by atoms with Gasteiger partial charge in [0.15, 0.2) is 0 Å². The molecule has 2 rings (SSSR count). The largest absolute Gasteiger partial charge is 0.497 e. The minimum atomic E-state index is -0.862. The number of carboxylic acid groups (broad SMARTS) is 1. The summed E-state index contributed by atoms with van der Waals surface area (Å²) in [5, 5.41) is 12.1. The van der Waals surface area contributed by atoms with E-state index in [0.29, 0.717) is 0 Å². The number of carbonyl (C=O) groups is 2. The second-order valence-electron chi connectivity index (χ2n) is 6.04. The summed E-state index contributed by atoms with van der Waals surface area (Å²) in [7, 11) is 1.60. The summed E-state index contributed by atoms with van der Waals surface area (Å²) >= 11 is 0. The molecule has 0 heterocycles. The Morgan fingerprint density at radius 1 is 1.27 bits per heavy atom. The summed E-state index contributed by atoms with van der Waals surface area (Å²) < 4.78 is 5.11. The summed E-state index contributed by atoms with van der Waals surface area (Å²) in [6.07, 6.45) is 3.39. The second kappa shape index (κ2) is 6.81. The summed E-state index contributed by atoms with van der Waals surface area (Å²) in [6.45, 7) is 1.83. The number of hydrogen-bond donors (Lipinski definition) is 2. The van der Waals surface area contributed by atoms with E-state index < -0.39 is 11.5 Å². The van der Waals surface area contributed by atoms with Crippen molar-refractivity contribution in [3.63, 3.8) is 0 Å². The number of ether oxygens (including phenoxy) is 1. The number of benzene rings is 1. The van der Waals surface area contributed by atoms with Gasteiger partial charge in [-0.05, 0) is 37.5 Å². The molecule has 2 N–H and O–H groups in total. The van der Waals surface area contributed by atoms with E-state index in [9.17, 15) is 9.59 Å². The summed E-state index contributed by atoms with van der Waals surface area (Å²) in [5.41, 5.74) is 0.311. The van der Waals surface area contributed by atoms with Gasteiger partial charge in [-0.1, -0.05) is 25.0 Å². The summed E-state index contributed by atoms with van der Waals surface area (Å²) in [6, 6.07) is 7.37. The third-order valence-corrected chi connectivity index (χ3v) is 4.45. The molecule has 1 aromatic carbocycles. The summed E-state index contributed by atoms with van der Waals surface area (Å²) in [5.74, 6) is -0.556. The van der Waals surface area contributed by atoms with E-state index in [4.69, 9.17) is 9.84 Å². The first-order valence-corrected chi connectivity index (χ1v) is 7.63. The second-order valence-corrected chi connectivity index (χ2v) is 6.04. The van der Waals surface area contributed by atoms with Crippen LogP contribution in [0.4, 0.5) is 0 Å². The van der Waals surface area contributed by atoms with Gasteiger partial charge in [-0.25, -0.2) is 0 Å². The molecule has 120 valence electrons. The molecule has 0 bridgehead atoms. The number of methoxy groups -OCH3 is 1. The van der Waals surface area contributed by atoms with Crippen LogP contribution in [0.5, 0.6) is 5.75 Å². The van der Waals surface area contributed by atoms with Crippen molar-refractivity contribution < 1.29 is 19.4 Å². The molecule has 0 aliphatic heterocycles. The maximum atomic E-state index is 12.5. The molecule has 1 fully saturated rings. The molecule has 1 atom stereocenters. The number of nitrogens with one attached hydrogen (secondary N) is 1. The molecule has 1 saturated carbocycles. The Morgan fingerprint density at radius 2 is 1.86 bits per heavy atom. The first-order chi connectivity index (χ1) is 10.5. The zero-order valence-corrected chi connectivity index (χ0v) is 13.1. The average Bonchev–Trinajstić information content (AvgIpc) is 2.93. The molecule has 1 unspecified atom stereocenters. The van der Waals surface area contributed by atoms with Gasteiger partial charge in [0.05, 0.1) is 25.0 Å². The van der Waals surface area contributed by atoms with Gasteiger partial charge in [-0.3, -0.25) is 9.59 Å². The lowest BCUT2D eigenvalue weighted by Gasteiger charge is -2.30. The number of hydrogen-bond acceptors (Lipinski definition) is 3. The Morgan fingerprint density at radius 3 is 2.36 bits per heavy atom. The molecule has 1 amide bonds. The van der Waals surface area contributed by atoms with Crippen LogP contribution in [0.15, 0.2) is 24.3 Å². The number of carbonyl (C=O) groups excluding carboxylic acids is 1. The monoisotopic (exact) mass is 305 g/mol. The first-order valence-electron chi connectivity index (χ1n) is 7.63. The SMILES string of the molecule is COc1ccc(C(C)C(=O)NC2(CC(=O)O)CCCC2)cc1. The number of rotatable bonds is 6. The van der Waals surface area contributed by atoms with Gasteiger partial charge >= 0.3 is 5.97 Å². The van der Waals surface area contributed by atoms with Gasteiger partial charge in [-0.2, -0.15) is 0 Å². The third kappa shape index (κ3) is 3.78. The maximum Gasteiger partial charge on any atom is 0.305 e. The predicted octanol–water partition coefficient (Wildman–Crippen LogP) is 2.70. The van der Waals surface area contributed by atoms with E-state index in [1.807, 2.05) is 31.2 Å². The first kappa shape index (κ1) is 16.3. The van der Waals surface area contributed by atoms with E-state index in [1.54, 1.807) is 7.11 Å². The smallest absolute Gasteiger partial charge is 0.305 e. The lowest BCUT2D eigenvalue weighted by molar-refractivity contribution is -0.139. The van der Waals surface area contributed by atoms with E-state index >= 15 is 0 Å². The third-order valence-electron chi connectivity index (χ3n) is 4.45. The zero-order chi connectivity index (χ0) is 16.2. The van der Waals surface area contributed by atoms with Crippen LogP contribution in [0.25, 0.3) is 0 Å². The minimum Gasteiger partial charge on any atom is -0.497 e.